The first kappa shape index (κ1) is 25.1. The lowest BCUT2D eigenvalue weighted by atomic mass is 9.78. The first-order valence-electron chi connectivity index (χ1n) is 9.41. The van der Waals surface area contributed by atoms with Crippen LogP contribution in [0.1, 0.15) is 11.5 Å². The van der Waals surface area contributed by atoms with Crippen molar-refractivity contribution in [3.05, 3.63) is 73.1 Å². The van der Waals surface area contributed by atoms with E-state index in [-0.39, 0.29) is 22.3 Å². The number of methoxy groups -OCH3 is 1. The van der Waals surface area contributed by atoms with Gasteiger partial charge in [-0.2, -0.15) is 5.26 Å². The van der Waals surface area contributed by atoms with Gasteiger partial charge in [-0.1, -0.05) is 63.0 Å². The Kier molecular flexibility index (Phi) is 8.43. The molecule has 0 saturated carbocycles. The number of esters is 1. The van der Waals surface area contributed by atoms with Gasteiger partial charge >= 0.3 is 5.97 Å². The molecule has 2 aromatic rings. The summed E-state index contributed by atoms with van der Waals surface area (Å²) in [6, 6.07) is 13.8. The summed E-state index contributed by atoms with van der Waals surface area (Å²) in [5.41, 5.74) is 1.20. The van der Waals surface area contributed by atoms with Gasteiger partial charge in [0.1, 0.15) is 5.92 Å². The van der Waals surface area contributed by atoms with Crippen LogP contribution in [0.15, 0.2) is 57.5 Å². The van der Waals surface area contributed by atoms with Crippen LogP contribution in [0.4, 0.5) is 5.69 Å². The van der Waals surface area contributed by atoms with E-state index < -0.39 is 23.7 Å². The van der Waals surface area contributed by atoms with Gasteiger partial charge in [-0.3, -0.25) is 14.4 Å². The minimum Gasteiger partial charge on any atom is -0.468 e. The molecule has 2 amide bonds. The summed E-state index contributed by atoms with van der Waals surface area (Å²) in [5, 5.41) is 16.0. The number of nitrogens with zero attached hydrogens (tertiary/aromatic N) is 1. The van der Waals surface area contributed by atoms with Crippen LogP contribution in [0.3, 0.4) is 0 Å². The maximum Gasteiger partial charge on any atom is 0.319 e. The Balaban J connectivity index is 1.88. The van der Waals surface area contributed by atoms with Crippen molar-refractivity contribution < 1.29 is 19.1 Å². The van der Waals surface area contributed by atoms with Gasteiger partial charge in [-0.15, -0.1) is 0 Å². The highest BCUT2D eigenvalue weighted by atomic mass is 79.9. The van der Waals surface area contributed by atoms with Crippen LogP contribution in [-0.2, 0) is 19.1 Å². The molecule has 1 aliphatic heterocycles. The predicted molar refractivity (Wildman–Crippen MR) is 131 cm³/mol. The number of allylic oxidation sites excluding steroid dienone is 1. The Morgan fingerprint density at radius 1 is 1.24 bits per heavy atom. The van der Waals surface area contributed by atoms with Crippen LogP contribution in [0.25, 0.3) is 0 Å². The number of nitriles is 1. The Labute approximate surface area is 212 Å². The SMILES string of the molecule is COC(=O)[C@@H]1C(=O)NC(SCC(=O)Nc2ccc(Cl)c(Cl)c2)=C(C#N)[C@@H]1c1cccc(Br)c1. The molecule has 0 fully saturated rings. The number of amides is 2. The molecule has 2 atom stereocenters. The van der Waals surface area contributed by atoms with Crippen LogP contribution < -0.4 is 10.6 Å². The number of thioether (sulfide) groups is 1. The summed E-state index contributed by atoms with van der Waals surface area (Å²) in [4.78, 5) is 37.7. The van der Waals surface area contributed by atoms with Crippen molar-refractivity contribution in [3.8, 4) is 6.07 Å². The quantitative estimate of drug-likeness (QED) is 0.380. The second-order valence-corrected chi connectivity index (χ2v) is 9.56. The summed E-state index contributed by atoms with van der Waals surface area (Å²) < 4.78 is 5.54. The second-order valence-electron chi connectivity index (χ2n) is 6.84. The molecule has 7 nitrogen and oxygen atoms in total. The highest BCUT2D eigenvalue weighted by molar-refractivity contribution is 9.10. The van der Waals surface area contributed by atoms with Crippen LogP contribution in [0, 0.1) is 17.2 Å². The van der Waals surface area contributed by atoms with Gasteiger partial charge in [0.05, 0.1) is 39.6 Å². The largest absolute Gasteiger partial charge is 0.468 e. The molecule has 0 aliphatic carbocycles. The lowest BCUT2D eigenvalue weighted by molar-refractivity contribution is -0.150. The fourth-order valence-corrected chi connectivity index (χ4v) is 4.85. The average Bonchev–Trinajstić information content (AvgIpc) is 2.79. The first-order chi connectivity index (χ1) is 15.7. The lowest BCUT2D eigenvalue weighted by Crippen LogP contribution is -2.44. The number of halogens is 3. The van der Waals surface area contributed by atoms with Crippen molar-refractivity contribution in [2.75, 3.05) is 18.2 Å². The van der Waals surface area contributed by atoms with E-state index in [9.17, 15) is 19.6 Å². The monoisotopic (exact) mass is 567 g/mol. The molecule has 1 heterocycles. The van der Waals surface area contributed by atoms with Gasteiger partial charge in [0, 0.05) is 16.1 Å². The van der Waals surface area contributed by atoms with Crippen molar-refractivity contribution in [1.82, 2.24) is 5.32 Å². The zero-order valence-electron chi connectivity index (χ0n) is 17.0. The standard InChI is InChI=1S/C22H16BrCl2N3O4S/c1-32-22(31)19-18(11-3-2-4-12(23)7-11)14(9-26)21(28-20(19)30)33-10-17(29)27-13-5-6-15(24)16(25)8-13/h2-8,18-19H,10H2,1H3,(H,27,29)(H,28,30)/t18-,19-/m0/s1. The Bertz CT molecular complexity index is 1200. The molecule has 0 radical (unpaired) electrons. The van der Waals surface area contributed by atoms with Gasteiger partial charge in [0.2, 0.25) is 11.8 Å². The van der Waals surface area contributed by atoms with Crippen LogP contribution in [0.5, 0.6) is 0 Å². The summed E-state index contributed by atoms with van der Waals surface area (Å²) in [6.45, 7) is 0. The minimum atomic E-state index is -1.24. The molecule has 2 N–H and O–H groups in total. The predicted octanol–water partition coefficient (Wildman–Crippen LogP) is 4.87. The van der Waals surface area contributed by atoms with Crippen molar-refractivity contribution in [3.63, 3.8) is 0 Å². The molecule has 33 heavy (non-hydrogen) atoms. The molecule has 0 bridgehead atoms. The fourth-order valence-electron chi connectivity index (χ4n) is 3.29. The summed E-state index contributed by atoms with van der Waals surface area (Å²) in [7, 11) is 1.18. The number of hydrogen-bond donors (Lipinski definition) is 2. The Morgan fingerprint density at radius 3 is 2.64 bits per heavy atom. The molecule has 0 unspecified atom stereocenters. The number of anilines is 1. The minimum absolute atomic E-state index is 0.102. The van der Waals surface area contributed by atoms with E-state index in [1.165, 1.54) is 13.2 Å². The number of nitrogens with one attached hydrogen (secondary N) is 2. The first-order valence-corrected chi connectivity index (χ1v) is 11.9. The van der Waals surface area contributed by atoms with Crippen LogP contribution in [0.2, 0.25) is 10.0 Å². The maximum atomic E-state index is 12.8. The van der Waals surface area contributed by atoms with E-state index in [0.29, 0.717) is 21.3 Å². The number of carbonyl (C=O) groups is 3. The smallest absolute Gasteiger partial charge is 0.319 e. The number of carbonyl (C=O) groups excluding carboxylic acids is 3. The third-order valence-corrected chi connectivity index (χ3v) is 6.99. The zero-order chi connectivity index (χ0) is 24.1. The van der Waals surface area contributed by atoms with Crippen LogP contribution >= 0.6 is 50.9 Å². The van der Waals surface area contributed by atoms with E-state index in [2.05, 4.69) is 32.6 Å². The maximum absolute atomic E-state index is 12.8. The van der Waals surface area contributed by atoms with Crippen molar-refractivity contribution in [1.29, 1.82) is 5.26 Å². The lowest BCUT2D eigenvalue weighted by Gasteiger charge is -2.31. The molecule has 0 saturated heterocycles. The van der Waals surface area contributed by atoms with Crippen LogP contribution in [-0.4, -0.2) is 30.6 Å². The van der Waals surface area contributed by atoms with Crippen molar-refractivity contribution in [2.24, 2.45) is 5.92 Å². The Morgan fingerprint density at radius 2 is 2.00 bits per heavy atom. The molecule has 0 spiro atoms. The second kappa shape index (κ2) is 11.1. The van der Waals surface area contributed by atoms with Gasteiger partial charge in [0.15, 0.2) is 0 Å². The molecule has 2 aromatic carbocycles. The topological polar surface area (TPSA) is 108 Å². The van der Waals surface area contributed by atoms with E-state index in [0.717, 1.165) is 16.2 Å². The Hall–Kier alpha value is -2.51. The molecule has 11 heteroatoms. The number of rotatable bonds is 6. The number of ether oxygens (including phenoxy) is 1. The zero-order valence-corrected chi connectivity index (χ0v) is 20.9. The van der Waals surface area contributed by atoms with Gasteiger partial charge in [-0.25, -0.2) is 0 Å². The van der Waals surface area contributed by atoms with E-state index in [4.69, 9.17) is 27.9 Å². The molecule has 3 rings (SSSR count). The van der Waals surface area contributed by atoms with E-state index in [1.54, 1.807) is 36.4 Å². The normalized spacial score (nSPS) is 17.7. The number of hydrogen-bond acceptors (Lipinski definition) is 6. The molecule has 1 aliphatic rings. The molecule has 170 valence electrons. The highest BCUT2D eigenvalue weighted by Gasteiger charge is 2.44. The molecular weight excluding hydrogens is 553 g/mol. The third-order valence-electron chi connectivity index (χ3n) is 4.74. The molecular formula is C22H16BrCl2N3O4S. The fraction of sp³-hybridized carbons (Fsp3) is 0.182. The van der Waals surface area contributed by atoms with Crippen molar-refractivity contribution in [2.45, 2.75) is 5.92 Å². The van der Waals surface area contributed by atoms with Gasteiger partial charge in [-0.05, 0) is 35.9 Å². The van der Waals surface area contributed by atoms with Gasteiger partial charge < -0.3 is 15.4 Å². The third kappa shape index (κ3) is 5.89. The average molecular weight is 569 g/mol. The summed E-state index contributed by atoms with van der Waals surface area (Å²) >= 11 is 16.2. The molecule has 0 aromatic heterocycles. The van der Waals surface area contributed by atoms with E-state index >= 15 is 0 Å². The summed E-state index contributed by atoms with van der Waals surface area (Å²) in [6.07, 6.45) is 0. The van der Waals surface area contributed by atoms with Crippen molar-refractivity contribution >= 4 is 74.4 Å². The highest BCUT2D eigenvalue weighted by Crippen LogP contribution is 2.40. The van der Waals surface area contributed by atoms with E-state index in [1.807, 2.05) is 0 Å². The summed E-state index contributed by atoms with van der Waals surface area (Å²) in [5.74, 6) is -3.96. The number of benzene rings is 2. The van der Waals surface area contributed by atoms with Gasteiger partial charge in [0.25, 0.3) is 0 Å².